The van der Waals surface area contributed by atoms with Crippen LogP contribution in [0.4, 0.5) is 5.69 Å². The summed E-state index contributed by atoms with van der Waals surface area (Å²) >= 11 is 3.35. The van der Waals surface area contributed by atoms with Crippen molar-refractivity contribution in [2.75, 3.05) is 18.5 Å². The highest BCUT2D eigenvalue weighted by Gasteiger charge is 2.07. The van der Waals surface area contributed by atoms with Crippen LogP contribution in [0, 0.1) is 11.3 Å². The minimum Gasteiger partial charge on any atom is -0.381 e. The molecule has 0 aromatic heterocycles. The highest BCUT2D eigenvalue weighted by Crippen LogP contribution is 2.23. The van der Waals surface area contributed by atoms with Gasteiger partial charge in [-0.15, -0.1) is 0 Å². The van der Waals surface area contributed by atoms with Gasteiger partial charge in [0.2, 0.25) is 0 Å². The van der Waals surface area contributed by atoms with Crippen LogP contribution in [-0.4, -0.2) is 19.3 Å². The van der Waals surface area contributed by atoms with Gasteiger partial charge in [0.25, 0.3) is 0 Å². The maximum absolute atomic E-state index is 9.02. The number of rotatable bonds is 5. The number of nitriles is 1. The van der Waals surface area contributed by atoms with Crippen LogP contribution in [0.1, 0.15) is 19.4 Å². The SMILES string of the molecule is CCOC(C)CNc1cccc(Br)c1C#N. The summed E-state index contributed by atoms with van der Waals surface area (Å²) in [4.78, 5) is 0. The number of hydrogen-bond donors (Lipinski definition) is 1. The maximum Gasteiger partial charge on any atom is 0.103 e. The van der Waals surface area contributed by atoms with E-state index in [4.69, 9.17) is 10.00 Å². The molecule has 0 aliphatic heterocycles. The highest BCUT2D eigenvalue weighted by atomic mass is 79.9. The molecule has 3 nitrogen and oxygen atoms in total. The summed E-state index contributed by atoms with van der Waals surface area (Å²) in [5.74, 6) is 0. The Labute approximate surface area is 105 Å². The Bertz CT molecular complexity index is 387. The summed E-state index contributed by atoms with van der Waals surface area (Å²) in [6, 6.07) is 7.82. The van der Waals surface area contributed by atoms with Crippen LogP contribution in [0.2, 0.25) is 0 Å². The number of benzene rings is 1. The van der Waals surface area contributed by atoms with Gasteiger partial charge in [0, 0.05) is 17.6 Å². The van der Waals surface area contributed by atoms with Gasteiger partial charge < -0.3 is 10.1 Å². The van der Waals surface area contributed by atoms with Gasteiger partial charge in [-0.2, -0.15) is 5.26 Å². The minimum absolute atomic E-state index is 0.135. The van der Waals surface area contributed by atoms with Crippen LogP contribution >= 0.6 is 15.9 Å². The van der Waals surface area contributed by atoms with E-state index in [-0.39, 0.29) is 6.10 Å². The number of nitrogens with zero attached hydrogens (tertiary/aromatic N) is 1. The first-order valence-electron chi connectivity index (χ1n) is 5.23. The second kappa shape index (κ2) is 6.51. The molecule has 0 saturated heterocycles. The molecule has 0 fully saturated rings. The summed E-state index contributed by atoms with van der Waals surface area (Å²) in [7, 11) is 0. The monoisotopic (exact) mass is 282 g/mol. The molecule has 0 aliphatic rings. The Kier molecular flexibility index (Phi) is 5.30. The molecule has 0 bridgehead atoms. The minimum atomic E-state index is 0.135. The van der Waals surface area contributed by atoms with E-state index >= 15 is 0 Å². The van der Waals surface area contributed by atoms with Crippen molar-refractivity contribution in [2.45, 2.75) is 20.0 Å². The lowest BCUT2D eigenvalue weighted by molar-refractivity contribution is 0.0855. The van der Waals surface area contributed by atoms with Crippen molar-refractivity contribution in [3.63, 3.8) is 0 Å². The summed E-state index contributed by atoms with van der Waals surface area (Å²) in [5.41, 5.74) is 1.47. The van der Waals surface area contributed by atoms with Crippen molar-refractivity contribution in [2.24, 2.45) is 0 Å². The summed E-state index contributed by atoms with van der Waals surface area (Å²) in [6.45, 7) is 5.36. The van der Waals surface area contributed by atoms with Gasteiger partial charge in [0.15, 0.2) is 0 Å². The largest absolute Gasteiger partial charge is 0.381 e. The van der Waals surface area contributed by atoms with Crippen LogP contribution in [0.3, 0.4) is 0 Å². The number of hydrogen-bond acceptors (Lipinski definition) is 3. The number of halogens is 1. The normalized spacial score (nSPS) is 11.9. The molecular formula is C12H15BrN2O. The molecule has 4 heteroatoms. The first-order chi connectivity index (χ1) is 7.69. The third-order valence-electron chi connectivity index (χ3n) is 2.16. The summed E-state index contributed by atoms with van der Waals surface area (Å²) < 4.78 is 6.22. The Morgan fingerprint density at radius 2 is 2.31 bits per heavy atom. The fraction of sp³-hybridized carbons (Fsp3) is 0.417. The average molecular weight is 283 g/mol. The van der Waals surface area contributed by atoms with Gasteiger partial charge in [-0.3, -0.25) is 0 Å². The van der Waals surface area contributed by atoms with E-state index in [1.807, 2.05) is 32.0 Å². The molecule has 0 amide bonds. The lowest BCUT2D eigenvalue weighted by Crippen LogP contribution is -2.20. The van der Waals surface area contributed by atoms with Crippen molar-refractivity contribution in [1.29, 1.82) is 5.26 Å². The van der Waals surface area contributed by atoms with Gasteiger partial charge in [0.05, 0.1) is 17.4 Å². The molecule has 1 aromatic rings. The Morgan fingerprint density at radius 1 is 1.56 bits per heavy atom. The van der Waals surface area contributed by atoms with Crippen molar-refractivity contribution >= 4 is 21.6 Å². The molecule has 0 saturated carbocycles. The van der Waals surface area contributed by atoms with Crippen molar-refractivity contribution in [1.82, 2.24) is 0 Å². The molecule has 0 aliphatic carbocycles. The van der Waals surface area contributed by atoms with Crippen LogP contribution in [-0.2, 0) is 4.74 Å². The lowest BCUT2D eigenvalue weighted by Gasteiger charge is -2.14. The van der Waals surface area contributed by atoms with Crippen LogP contribution in [0.5, 0.6) is 0 Å². The second-order valence-corrected chi connectivity index (χ2v) is 4.28. The van der Waals surface area contributed by atoms with Gasteiger partial charge in [-0.1, -0.05) is 6.07 Å². The predicted octanol–water partition coefficient (Wildman–Crippen LogP) is 3.16. The van der Waals surface area contributed by atoms with Gasteiger partial charge in [-0.05, 0) is 41.9 Å². The Balaban J connectivity index is 2.67. The molecule has 86 valence electrons. The smallest absolute Gasteiger partial charge is 0.103 e. The van der Waals surface area contributed by atoms with Gasteiger partial charge >= 0.3 is 0 Å². The number of nitrogens with one attached hydrogen (secondary N) is 1. The van der Waals surface area contributed by atoms with Crippen LogP contribution in [0.25, 0.3) is 0 Å². The molecule has 1 N–H and O–H groups in total. The predicted molar refractivity (Wildman–Crippen MR) is 68.4 cm³/mol. The van der Waals surface area contributed by atoms with E-state index < -0.39 is 0 Å². The van der Waals surface area contributed by atoms with Crippen LogP contribution < -0.4 is 5.32 Å². The van der Waals surface area contributed by atoms with E-state index in [0.29, 0.717) is 18.7 Å². The third kappa shape index (κ3) is 3.51. The molecule has 0 heterocycles. The van der Waals surface area contributed by atoms with Crippen molar-refractivity contribution in [3.05, 3.63) is 28.2 Å². The molecular weight excluding hydrogens is 268 g/mol. The topological polar surface area (TPSA) is 45.0 Å². The molecule has 1 atom stereocenters. The maximum atomic E-state index is 9.02. The molecule has 16 heavy (non-hydrogen) atoms. The summed E-state index contributed by atoms with van der Waals surface area (Å²) in [6.07, 6.45) is 0.135. The standard InChI is InChI=1S/C12H15BrN2O/c1-3-16-9(2)8-15-12-6-4-5-11(13)10(12)7-14/h4-6,9,15H,3,8H2,1-2H3. The average Bonchev–Trinajstić information content (AvgIpc) is 2.27. The van der Waals surface area contributed by atoms with Crippen LogP contribution in [0.15, 0.2) is 22.7 Å². The van der Waals surface area contributed by atoms with E-state index in [0.717, 1.165) is 10.2 Å². The van der Waals surface area contributed by atoms with Crippen molar-refractivity contribution in [3.8, 4) is 6.07 Å². The molecule has 1 aromatic carbocycles. The Hall–Kier alpha value is -1.05. The quantitative estimate of drug-likeness (QED) is 0.902. The molecule has 0 spiro atoms. The first-order valence-corrected chi connectivity index (χ1v) is 6.02. The second-order valence-electron chi connectivity index (χ2n) is 3.42. The van der Waals surface area contributed by atoms with Gasteiger partial charge in [0.1, 0.15) is 6.07 Å². The molecule has 1 rings (SSSR count). The fourth-order valence-electron chi connectivity index (χ4n) is 1.38. The van der Waals surface area contributed by atoms with E-state index in [2.05, 4.69) is 27.3 Å². The van der Waals surface area contributed by atoms with E-state index in [9.17, 15) is 0 Å². The zero-order chi connectivity index (χ0) is 12.0. The van der Waals surface area contributed by atoms with E-state index in [1.54, 1.807) is 0 Å². The highest BCUT2D eigenvalue weighted by molar-refractivity contribution is 9.10. The zero-order valence-electron chi connectivity index (χ0n) is 9.46. The third-order valence-corrected chi connectivity index (χ3v) is 2.82. The molecule has 1 unspecified atom stereocenters. The van der Waals surface area contributed by atoms with Gasteiger partial charge in [-0.25, -0.2) is 0 Å². The number of anilines is 1. The van der Waals surface area contributed by atoms with E-state index in [1.165, 1.54) is 0 Å². The summed E-state index contributed by atoms with van der Waals surface area (Å²) in [5, 5.41) is 12.2. The zero-order valence-corrected chi connectivity index (χ0v) is 11.0. The Morgan fingerprint density at radius 3 is 2.94 bits per heavy atom. The number of ether oxygens (including phenoxy) is 1. The first kappa shape index (κ1) is 13.0. The molecule has 0 radical (unpaired) electrons. The van der Waals surface area contributed by atoms with Crippen molar-refractivity contribution < 1.29 is 4.74 Å². The fourth-order valence-corrected chi connectivity index (χ4v) is 1.84. The lowest BCUT2D eigenvalue weighted by atomic mass is 10.2.